The minimum absolute atomic E-state index is 0. The number of aryl methyl sites for hydroxylation is 1. The van der Waals surface area contributed by atoms with Crippen molar-refractivity contribution in [3.63, 3.8) is 0 Å². The summed E-state index contributed by atoms with van der Waals surface area (Å²) in [6.07, 6.45) is 0. The van der Waals surface area contributed by atoms with E-state index in [0.717, 1.165) is 0 Å². The van der Waals surface area contributed by atoms with Crippen molar-refractivity contribution in [3.05, 3.63) is 21.9 Å². The number of nitrogens with two attached hydrogens (primary N) is 2. The normalized spacial score (nSPS) is 12.3. The number of halogens is 1. The molecule has 0 aliphatic heterocycles. The van der Waals surface area contributed by atoms with Gasteiger partial charge in [0.2, 0.25) is 0 Å². The van der Waals surface area contributed by atoms with Crippen LogP contribution in [-0.4, -0.2) is 6.54 Å². The molecule has 1 aromatic rings. The fourth-order valence-electron chi connectivity index (χ4n) is 0.871. The number of rotatable bonds is 2. The van der Waals surface area contributed by atoms with Gasteiger partial charge in [0, 0.05) is 11.4 Å². The quantitative estimate of drug-likeness (QED) is 0.745. The summed E-state index contributed by atoms with van der Waals surface area (Å²) in [6, 6.07) is 2.09. The molecular formula is C7H13ClN2S. The van der Waals surface area contributed by atoms with Crippen LogP contribution >= 0.6 is 23.7 Å². The summed E-state index contributed by atoms with van der Waals surface area (Å²) < 4.78 is 0. The summed E-state index contributed by atoms with van der Waals surface area (Å²) in [5.41, 5.74) is 12.4. The Morgan fingerprint density at radius 1 is 1.64 bits per heavy atom. The maximum atomic E-state index is 5.72. The van der Waals surface area contributed by atoms with Crippen molar-refractivity contribution >= 4 is 23.7 Å². The van der Waals surface area contributed by atoms with Crippen molar-refractivity contribution in [1.29, 1.82) is 0 Å². The molecule has 64 valence electrons. The van der Waals surface area contributed by atoms with Crippen LogP contribution in [0.15, 0.2) is 11.4 Å². The smallest absolute Gasteiger partial charge is 0.0516 e. The Hall–Kier alpha value is -0.0900. The molecule has 0 spiro atoms. The third-order valence-electron chi connectivity index (χ3n) is 1.49. The number of thiophene rings is 1. The van der Waals surface area contributed by atoms with E-state index in [-0.39, 0.29) is 18.4 Å². The second kappa shape index (κ2) is 4.72. The fraction of sp³-hybridized carbons (Fsp3) is 0.429. The minimum Gasteiger partial charge on any atom is -0.329 e. The van der Waals surface area contributed by atoms with E-state index in [1.165, 1.54) is 10.4 Å². The maximum absolute atomic E-state index is 5.72. The van der Waals surface area contributed by atoms with Crippen molar-refractivity contribution < 1.29 is 0 Å². The van der Waals surface area contributed by atoms with Gasteiger partial charge in [0.25, 0.3) is 0 Å². The second-order valence-corrected chi connectivity index (χ2v) is 3.26. The largest absolute Gasteiger partial charge is 0.329 e. The van der Waals surface area contributed by atoms with Crippen LogP contribution in [0, 0.1) is 6.92 Å². The summed E-state index contributed by atoms with van der Waals surface area (Å²) in [5.74, 6) is 0. The Balaban J connectivity index is 0.000001000. The monoisotopic (exact) mass is 192 g/mol. The summed E-state index contributed by atoms with van der Waals surface area (Å²) in [7, 11) is 0. The first-order valence-electron chi connectivity index (χ1n) is 3.25. The van der Waals surface area contributed by atoms with Gasteiger partial charge in [-0.2, -0.15) is 0 Å². The molecule has 0 aliphatic carbocycles. The van der Waals surface area contributed by atoms with E-state index in [9.17, 15) is 0 Å². The molecule has 1 aromatic heterocycles. The van der Waals surface area contributed by atoms with Crippen LogP contribution in [0.2, 0.25) is 0 Å². The summed E-state index contributed by atoms with van der Waals surface area (Å²) in [5, 5.41) is 2.04. The first-order valence-corrected chi connectivity index (χ1v) is 4.13. The van der Waals surface area contributed by atoms with Crippen molar-refractivity contribution in [1.82, 2.24) is 0 Å². The molecule has 0 amide bonds. The molecule has 4 N–H and O–H groups in total. The minimum atomic E-state index is 0. The van der Waals surface area contributed by atoms with Crippen molar-refractivity contribution in [3.8, 4) is 0 Å². The van der Waals surface area contributed by atoms with Gasteiger partial charge in [0.05, 0.1) is 6.04 Å². The van der Waals surface area contributed by atoms with E-state index < -0.39 is 0 Å². The van der Waals surface area contributed by atoms with Crippen LogP contribution in [0.4, 0.5) is 0 Å². The Labute approximate surface area is 77.0 Å². The molecule has 0 saturated heterocycles. The van der Waals surface area contributed by atoms with Crippen LogP contribution in [0.3, 0.4) is 0 Å². The maximum Gasteiger partial charge on any atom is 0.0516 e. The molecule has 0 fully saturated rings. The zero-order valence-corrected chi connectivity index (χ0v) is 8.04. The standard InChI is InChI=1S/C7H12N2S.ClH/c1-5-2-3-10-7(5)6(9)4-8;/h2-3,6H,4,8-9H2,1H3;1H/t6-;/m0./s1. The third-order valence-corrected chi connectivity index (χ3v) is 2.64. The lowest BCUT2D eigenvalue weighted by molar-refractivity contribution is 0.747. The molecule has 0 aliphatic rings. The third kappa shape index (κ3) is 2.45. The summed E-state index contributed by atoms with van der Waals surface area (Å²) >= 11 is 1.68. The molecule has 0 unspecified atom stereocenters. The predicted molar refractivity (Wildman–Crippen MR) is 52.3 cm³/mol. The summed E-state index contributed by atoms with van der Waals surface area (Å²) in [6.45, 7) is 2.59. The van der Waals surface area contributed by atoms with E-state index in [2.05, 4.69) is 13.0 Å². The van der Waals surface area contributed by atoms with Crippen molar-refractivity contribution in [2.75, 3.05) is 6.54 Å². The van der Waals surface area contributed by atoms with Gasteiger partial charge in [0.15, 0.2) is 0 Å². The molecule has 2 nitrogen and oxygen atoms in total. The number of hydrogen-bond acceptors (Lipinski definition) is 3. The summed E-state index contributed by atoms with van der Waals surface area (Å²) in [4.78, 5) is 1.21. The van der Waals surface area contributed by atoms with Crippen LogP contribution in [0.25, 0.3) is 0 Å². The molecule has 1 rings (SSSR count). The van der Waals surface area contributed by atoms with Gasteiger partial charge in [-0.05, 0) is 23.9 Å². The average molecular weight is 193 g/mol. The van der Waals surface area contributed by atoms with Gasteiger partial charge in [-0.15, -0.1) is 23.7 Å². The SMILES string of the molecule is Cc1ccsc1[C@@H](N)CN.Cl. The van der Waals surface area contributed by atoms with Crippen molar-refractivity contribution in [2.45, 2.75) is 13.0 Å². The van der Waals surface area contributed by atoms with Gasteiger partial charge in [-0.25, -0.2) is 0 Å². The zero-order valence-electron chi connectivity index (χ0n) is 6.41. The highest BCUT2D eigenvalue weighted by molar-refractivity contribution is 7.10. The van der Waals surface area contributed by atoms with E-state index in [0.29, 0.717) is 6.54 Å². The van der Waals surface area contributed by atoms with E-state index in [1.54, 1.807) is 11.3 Å². The lowest BCUT2D eigenvalue weighted by atomic mass is 10.2. The molecule has 4 heteroatoms. The lowest BCUT2D eigenvalue weighted by Crippen LogP contribution is -2.20. The Kier molecular flexibility index (Phi) is 4.68. The first-order chi connectivity index (χ1) is 4.75. The molecule has 1 atom stereocenters. The molecule has 0 bridgehead atoms. The van der Waals surface area contributed by atoms with E-state index in [1.807, 2.05) is 5.38 Å². The Morgan fingerprint density at radius 3 is 2.64 bits per heavy atom. The van der Waals surface area contributed by atoms with Crippen molar-refractivity contribution in [2.24, 2.45) is 11.5 Å². The molecular weight excluding hydrogens is 180 g/mol. The van der Waals surface area contributed by atoms with Crippen LogP contribution in [0.1, 0.15) is 16.5 Å². The number of hydrogen-bond donors (Lipinski definition) is 2. The molecule has 0 saturated carbocycles. The highest BCUT2D eigenvalue weighted by atomic mass is 35.5. The molecule has 0 aromatic carbocycles. The lowest BCUT2D eigenvalue weighted by Gasteiger charge is -2.06. The van der Waals surface area contributed by atoms with Gasteiger partial charge in [-0.3, -0.25) is 0 Å². The highest BCUT2D eigenvalue weighted by Crippen LogP contribution is 2.20. The molecule has 11 heavy (non-hydrogen) atoms. The average Bonchev–Trinajstić information content (AvgIpc) is 2.34. The molecule has 1 heterocycles. The van der Waals surface area contributed by atoms with Crippen LogP contribution in [0.5, 0.6) is 0 Å². The van der Waals surface area contributed by atoms with Crippen LogP contribution < -0.4 is 11.5 Å². The van der Waals surface area contributed by atoms with E-state index >= 15 is 0 Å². The first kappa shape index (κ1) is 10.9. The fourth-order valence-corrected chi connectivity index (χ4v) is 1.82. The van der Waals surface area contributed by atoms with Gasteiger partial charge in [0.1, 0.15) is 0 Å². The predicted octanol–water partition coefficient (Wildman–Crippen LogP) is 1.44. The second-order valence-electron chi connectivity index (χ2n) is 2.31. The molecule has 0 radical (unpaired) electrons. The Morgan fingerprint density at radius 2 is 2.27 bits per heavy atom. The Bertz CT molecular complexity index is 212. The van der Waals surface area contributed by atoms with Gasteiger partial charge in [-0.1, -0.05) is 0 Å². The van der Waals surface area contributed by atoms with Gasteiger partial charge < -0.3 is 11.5 Å². The van der Waals surface area contributed by atoms with Gasteiger partial charge >= 0.3 is 0 Å². The highest BCUT2D eigenvalue weighted by Gasteiger charge is 2.06. The van der Waals surface area contributed by atoms with E-state index in [4.69, 9.17) is 11.5 Å². The van der Waals surface area contributed by atoms with Crippen LogP contribution in [-0.2, 0) is 0 Å². The zero-order chi connectivity index (χ0) is 7.56. The topological polar surface area (TPSA) is 52.0 Å².